The molecule has 0 amide bonds. The van der Waals surface area contributed by atoms with E-state index in [9.17, 15) is 38.9 Å². The highest BCUT2D eigenvalue weighted by molar-refractivity contribution is 7.85. The molecule has 5 heterocycles. The Morgan fingerprint density at radius 2 is 1.68 bits per heavy atom. The van der Waals surface area contributed by atoms with Gasteiger partial charge in [0.05, 0.1) is 47.2 Å². The number of aromatic nitrogens is 3. The summed E-state index contributed by atoms with van der Waals surface area (Å²) in [5, 5.41) is 69.1. The van der Waals surface area contributed by atoms with E-state index in [2.05, 4.69) is 10.3 Å². The van der Waals surface area contributed by atoms with E-state index in [-0.39, 0.29) is 25.2 Å². The molecule has 4 aliphatic rings. The van der Waals surface area contributed by atoms with Gasteiger partial charge in [-0.15, -0.1) is 5.10 Å². The van der Waals surface area contributed by atoms with Crippen molar-refractivity contribution in [1.29, 1.82) is 0 Å². The highest BCUT2D eigenvalue weighted by Gasteiger charge is 2.55. The van der Waals surface area contributed by atoms with E-state index < -0.39 is 137 Å². The number of esters is 1. The van der Waals surface area contributed by atoms with Crippen LogP contribution >= 0.6 is 0 Å². The van der Waals surface area contributed by atoms with Gasteiger partial charge < -0.3 is 63.8 Å². The number of carbonyl (C=O) groups is 1. The van der Waals surface area contributed by atoms with E-state index >= 15 is 0 Å². The molecular formula is C56H92FN5O13S. The smallest absolute Gasteiger partial charge is 0.309 e. The van der Waals surface area contributed by atoms with Crippen molar-refractivity contribution >= 4 is 22.3 Å². The van der Waals surface area contributed by atoms with Gasteiger partial charge in [0.1, 0.15) is 48.8 Å². The molecule has 4 aliphatic heterocycles. The maximum Gasteiger partial charge on any atom is 0.309 e. The van der Waals surface area contributed by atoms with Crippen molar-refractivity contribution in [3.05, 3.63) is 53.4 Å². The Hall–Kier alpha value is -2.83. The zero-order chi connectivity index (χ0) is 56.2. The number of benzene rings is 1. The number of allylic oxidation sites excluding steroid dienone is 1. The maximum absolute atomic E-state index is 15.0. The third-order valence-corrected chi connectivity index (χ3v) is 18.8. The summed E-state index contributed by atoms with van der Waals surface area (Å²) < 4.78 is 66.5. The number of halogens is 1. The summed E-state index contributed by atoms with van der Waals surface area (Å²) in [6.07, 6.45) is -3.51. The van der Waals surface area contributed by atoms with Crippen LogP contribution in [0.15, 0.2) is 36.5 Å². The minimum atomic E-state index is -1.83. The van der Waals surface area contributed by atoms with Crippen LogP contribution in [0, 0.1) is 23.7 Å². The number of carbonyl (C=O) groups excluding carboxylic acids is 1. The van der Waals surface area contributed by atoms with Crippen LogP contribution in [0.5, 0.6) is 0 Å². The van der Waals surface area contributed by atoms with Crippen LogP contribution < -0.4 is 0 Å². The maximum atomic E-state index is 15.0. The molecular weight excluding hydrogens is 1000 g/mol. The Morgan fingerprint density at radius 3 is 2.29 bits per heavy atom. The molecule has 20 heteroatoms. The van der Waals surface area contributed by atoms with Gasteiger partial charge >= 0.3 is 5.97 Å². The first kappa shape index (κ1) is 62.4. The molecule has 432 valence electrons. The molecule has 0 saturated carbocycles. The van der Waals surface area contributed by atoms with E-state index in [4.69, 9.17) is 28.4 Å². The standard InChI is InChI=1S/C56H92FN5O13S/c1-15-45-56(10,68)49(64)36(6)61(12)30-32(2)27-54(8,67)51(34(4)46(35(5)52(66)74-45)44-28-55(9,71-14)50(65)37(7)73-44)75-53-47(63)42(26-33(3)72-53)60(11)23-20-41-31-62(59-58-41)43(29-57)48(70-13)40-18-16-38(17-19-40)39-21-24-76(69)25-22-39/h16-19,21,31-37,42-51,53,63-65,67-68H,15,20,22-30H2,1-14H3/t32-,33-,34+,35-,36-,37+,42+,43-,44-,45-,46?,47-,48-,49-,50+,51-,53+,54-,55-,56-,76?/m1/s1. The van der Waals surface area contributed by atoms with Crippen LogP contribution in [-0.4, -0.2) is 204 Å². The molecule has 2 aromatic rings. The van der Waals surface area contributed by atoms with Crippen molar-refractivity contribution in [2.24, 2.45) is 23.7 Å². The van der Waals surface area contributed by atoms with Gasteiger partial charge in [-0.2, -0.15) is 0 Å². The summed E-state index contributed by atoms with van der Waals surface area (Å²) in [4.78, 5) is 18.6. The lowest BCUT2D eigenvalue weighted by Crippen LogP contribution is -2.62. The summed E-state index contributed by atoms with van der Waals surface area (Å²) in [7, 11) is 5.98. The number of ether oxygens (including phenoxy) is 6. The van der Waals surface area contributed by atoms with Gasteiger partial charge in [-0.25, -0.2) is 9.07 Å². The SMILES string of the molecule is CC[C@H]1OC(=O)[C@H](C)C([C@H]2C[C@@](C)(OC)[C@@H](O)[C@H](C)O2)[C@H](C)[C@@H](O[C@@H]2O[C@H](C)C[C@H](N(C)CCc3cn([C@H](CF)[C@H](OC)c4ccc(C5=CCS(=O)CC5)cc4)nn3)[C@H]2O)[C@](C)(O)C[C@@H](C)CN(C)[C@H](C)[C@@H](O)[C@]1(C)O. The fourth-order valence-electron chi connectivity index (χ4n) is 12.8. The summed E-state index contributed by atoms with van der Waals surface area (Å²) in [6, 6.07) is 5.99. The van der Waals surface area contributed by atoms with Crippen molar-refractivity contribution < 1.29 is 67.3 Å². The van der Waals surface area contributed by atoms with Crippen molar-refractivity contribution in [3.63, 3.8) is 0 Å². The van der Waals surface area contributed by atoms with E-state index in [1.807, 2.05) is 75.0 Å². The normalized spacial score (nSPS) is 40.6. The molecule has 0 bridgehead atoms. The predicted molar refractivity (Wildman–Crippen MR) is 287 cm³/mol. The Balaban J connectivity index is 1.26. The Morgan fingerprint density at radius 1 is 1.00 bits per heavy atom. The van der Waals surface area contributed by atoms with Crippen molar-refractivity contribution in [1.82, 2.24) is 24.8 Å². The van der Waals surface area contributed by atoms with Crippen LogP contribution in [-0.2, 0) is 50.4 Å². The lowest BCUT2D eigenvalue weighted by molar-refractivity contribution is -0.302. The Bertz CT molecular complexity index is 2240. The molecule has 6 rings (SSSR count). The van der Waals surface area contributed by atoms with Gasteiger partial charge in [-0.3, -0.25) is 9.00 Å². The van der Waals surface area contributed by atoms with Crippen LogP contribution in [0.2, 0.25) is 0 Å². The van der Waals surface area contributed by atoms with E-state index in [1.165, 1.54) is 18.7 Å². The zero-order valence-corrected chi connectivity index (χ0v) is 48.4. The average molecular weight is 1090 g/mol. The number of hydrogen-bond donors (Lipinski definition) is 5. The molecule has 5 N–H and O–H groups in total. The Kier molecular flexibility index (Phi) is 21.5. The number of likely N-dealkylation sites (N-methyl/N-ethyl adjacent to an activating group) is 2. The molecule has 21 atom stereocenters. The minimum absolute atomic E-state index is 0.170. The van der Waals surface area contributed by atoms with Gasteiger partial charge in [-0.1, -0.05) is 63.2 Å². The monoisotopic (exact) mass is 1090 g/mol. The first-order valence-electron chi connectivity index (χ1n) is 27.5. The third kappa shape index (κ3) is 14.0. The molecule has 18 nitrogen and oxygen atoms in total. The first-order valence-corrected chi connectivity index (χ1v) is 29.0. The minimum Gasteiger partial charge on any atom is -0.459 e. The molecule has 76 heavy (non-hydrogen) atoms. The number of methoxy groups -OCH3 is 2. The number of cyclic esters (lactones) is 1. The predicted octanol–water partition coefficient (Wildman–Crippen LogP) is 4.81. The van der Waals surface area contributed by atoms with E-state index in [0.29, 0.717) is 43.1 Å². The van der Waals surface area contributed by atoms with Crippen molar-refractivity contribution in [3.8, 4) is 0 Å². The number of aliphatic hydroxyl groups is 5. The van der Waals surface area contributed by atoms with Gasteiger partial charge in [0.15, 0.2) is 6.29 Å². The van der Waals surface area contributed by atoms with Gasteiger partial charge in [0, 0.05) is 86.7 Å². The second-order valence-corrected chi connectivity index (χ2v) is 25.1. The molecule has 1 aromatic heterocycles. The van der Waals surface area contributed by atoms with E-state index in [0.717, 1.165) is 23.1 Å². The van der Waals surface area contributed by atoms with Crippen LogP contribution in [0.25, 0.3) is 5.57 Å². The first-order chi connectivity index (χ1) is 35.7. The Labute approximate surface area is 453 Å². The lowest BCUT2D eigenvalue weighted by atomic mass is 9.68. The lowest BCUT2D eigenvalue weighted by Gasteiger charge is -2.51. The summed E-state index contributed by atoms with van der Waals surface area (Å²) in [5.74, 6) is -2.09. The molecule has 0 spiro atoms. The number of aliphatic hydroxyl groups excluding tert-OH is 3. The van der Waals surface area contributed by atoms with E-state index in [1.54, 1.807) is 54.8 Å². The van der Waals surface area contributed by atoms with Gasteiger partial charge in [-0.05, 0) is 110 Å². The summed E-state index contributed by atoms with van der Waals surface area (Å²) in [6.45, 7) is 17.9. The molecule has 3 saturated heterocycles. The largest absolute Gasteiger partial charge is 0.459 e. The van der Waals surface area contributed by atoms with Gasteiger partial charge in [0.25, 0.3) is 0 Å². The number of alkyl halides is 1. The molecule has 1 aromatic carbocycles. The highest BCUT2D eigenvalue weighted by atomic mass is 32.2. The zero-order valence-electron chi connectivity index (χ0n) is 47.6. The van der Waals surface area contributed by atoms with Crippen molar-refractivity contribution in [2.45, 2.75) is 204 Å². The third-order valence-electron chi connectivity index (χ3n) is 17.6. The van der Waals surface area contributed by atoms with Crippen LogP contribution in [0.1, 0.15) is 130 Å². The second-order valence-electron chi connectivity index (χ2n) is 23.5. The molecule has 2 unspecified atom stereocenters. The summed E-state index contributed by atoms with van der Waals surface area (Å²) >= 11 is 0. The quantitative estimate of drug-likeness (QED) is 0.151. The van der Waals surface area contributed by atoms with Crippen LogP contribution in [0.3, 0.4) is 0 Å². The number of hydrogen-bond acceptors (Lipinski definition) is 17. The topological polar surface area (TPSA) is 228 Å². The highest BCUT2D eigenvalue weighted by Crippen LogP contribution is 2.45. The number of rotatable bonds is 15. The molecule has 0 radical (unpaired) electrons. The fraction of sp³-hybridized carbons (Fsp3) is 0.804. The second kappa shape index (κ2) is 26.2. The van der Waals surface area contributed by atoms with Crippen LogP contribution in [0.4, 0.5) is 4.39 Å². The molecule has 0 aliphatic carbocycles. The molecule has 3 fully saturated rings. The van der Waals surface area contributed by atoms with Crippen molar-refractivity contribution in [2.75, 3.05) is 59.6 Å². The summed E-state index contributed by atoms with van der Waals surface area (Å²) in [5.41, 5.74) is -0.941. The fourth-order valence-corrected chi connectivity index (χ4v) is 13.8. The van der Waals surface area contributed by atoms with Gasteiger partial charge in [0.2, 0.25) is 0 Å². The average Bonchev–Trinajstić information content (AvgIpc) is 3.85. The number of nitrogens with zero attached hydrogens (tertiary/aromatic N) is 5.